The van der Waals surface area contributed by atoms with Crippen molar-refractivity contribution in [2.75, 3.05) is 19.7 Å². The first-order chi connectivity index (χ1) is 13.2. The highest BCUT2D eigenvalue weighted by molar-refractivity contribution is 5.73. The van der Waals surface area contributed by atoms with Gasteiger partial charge in [0, 0.05) is 13.0 Å². The van der Waals surface area contributed by atoms with E-state index in [-0.39, 0.29) is 5.91 Å². The number of amides is 1. The van der Waals surface area contributed by atoms with Gasteiger partial charge < -0.3 is 16.2 Å². The number of carbonyl (C=O) groups is 1. The molecular weight excluding hydrogens is 336 g/mol. The topological polar surface area (TPSA) is 75.4 Å². The molecule has 0 saturated carbocycles. The standard InChI is InChI=1S/C18H37NO.C5H13NO/c1-2-3-4-5-6-7-8-9-10-11-12-13-14-15-16-17-18(19)20;1-2-6-4-3-5-7/h2-17H2,1H3,(H2,19,20);6-7H,2-5H2,1H3. The van der Waals surface area contributed by atoms with Crippen LogP contribution in [0.3, 0.4) is 0 Å². The van der Waals surface area contributed by atoms with Crippen LogP contribution in [-0.4, -0.2) is 30.7 Å². The summed E-state index contributed by atoms with van der Waals surface area (Å²) in [5.41, 5.74) is 5.11. The first kappa shape index (κ1) is 28.6. The molecule has 0 aromatic carbocycles. The van der Waals surface area contributed by atoms with Gasteiger partial charge >= 0.3 is 0 Å². The summed E-state index contributed by atoms with van der Waals surface area (Å²) in [6.45, 7) is 6.56. The third kappa shape index (κ3) is 33.4. The molecule has 27 heavy (non-hydrogen) atoms. The summed E-state index contributed by atoms with van der Waals surface area (Å²) in [6, 6.07) is 0. The van der Waals surface area contributed by atoms with E-state index < -0.39 is 0 Å². The maximum Gasteiger partial charge on any atom is 0.217 e. The van der Waals surface area contributed by atoms with Crippen molar-refractivity contribution in [3.05, 3.63) is 0 Å². The maximum atomic E-state index is 10.6. The number of carbonyl (C=O) groups excluding carboxylic acids is 1. The Hall–Kier alpha value is -0.610. The zero-order valence-electron chi connectivity index (χ0n) is 18.6. The number of rotatable bonds is 20. The molecule has 0 saturated heterocycles. The van der Waals surface area contributed by atoms with E-state index in [4.69, 9.17) is 10.8 Å². The van der Waals surface area contributed by atoms with Crippen LogP contribution in [-0.2, 0) is 4.79 Å². The normalized spacial score (nSPS) is 10.5. The number of aliphatic hydroxyl groups is 1. The predicted octanol–water partition coefficient (Wildman–Crippen LogP) is 5.71. The summed E-state index contributed by atoms with van der Waals surface area (Å²) < 4.78 is 0. The molecule has 0 radical (unpaired) electrons. The molecule has 0 rings (SSSR count). The Bertz CT molecular complexity index is 269. The minimum absolute atomic E-state index is 0.153. The Morgan fingerprint density at radius 3 is 1.44 bits per heavy atom. The summed E-state index contributed by atoms with van der Waals surface area (Å²) in [4.78, 5) is 10.6. The van der Waals surface area contributed by atoms with Gasteiger partial charge in [-0.3, -0.25) is 4.79 Å². The van der Waals surface area contributed by atoms with Crippen molar-refractivity contribution in [2.24, 2.45) is 5.73 Å². The van der Waals surface area contributed by atoms with Crippen LogP contribution in [0.5, 0.6) is 0 Å². The zero-order chi connectivity index (χ0) is 20.4. The van der Waals surface area contributed by atoms with Crippen molar-refractivity contribution in [3.63, 3.8) is 0 Å². The number of aliphatic hydroxyl groups excluding tert-OH is 1. The lowest BCUT2D eigenvalue weighted by molar-refractivity contribution is -0.118. The van der Waals surface area contributed by atoms with Crippen LogP contribution in [0.25, 0.3) is 0 Å². The Kier molecular flexibility index (Phi) is 29.2. The average Bonchev–Trinajstić information content (AvgIpc) is 2.65. The van der Waals surface area contributed by atoms with Gasteiger partial charge in [0.15, 0.2) is 0 Å². The minimum atomic E-state index is -0.153. The molecule has 4 heteroatoms. The number of nitrogens with two attached hydrogens (primary N) is 1. The quantitative estimate of drug-likeness (QED) is 0.234. The molecule has 0 unspecified atom stereocenters. The summed E-state index contributed by atoms with van der Waals surface area (Å²) in [5.74, 6) is -0.153. The predicted molar refractivity (Wildman–Crippen MR) is 119 cm³/mol. The van der Waals surface area contributed by atoms with Crippen molar-refractivity contribution in [2.45, 2.75) is 123 Å². The monoisotopic (exact) mass is 386 g/mol. The lowest BCUT2D eigenvalue weighted by Crippen LogP contribution is -2.14. The second kappa shape index (κ2) is 27.6. The van der Waals surface area contributed by atoms with Crippen molar-refractivity contribution < 1.29 is 9.90 Å². The molecule has 0 aliphatic carbocycles. The van der Waals surface area contributed by atoms with Crippen molar-refractivity contribution in [1.82, 2.24) is 5.32 Å². The van der Waals surface area contributed by atoms with Crippen molar-refractivity contribution in [3.8, 4) is 0 Å². The molecule has 0 fully saturated rings. The van der Waals surface area contributed by atoms with Crippen LogP contribution in [0, 0.1) is 0 Å². The van der Waals surface area contributed by atoms with Gasteiger partial charge in [-0.2, -0.15) is 0 Å². The van der Waals surface area contributed by atoms with Gasteiger partial charge in [-0.25, -0.2) is 0 Å². The van der Waals surface area contributed by atoms with E-state index in [9.17, 15) is 4.79 Å². The molecule has 0 bridgehead atoms. The van der Waals surface area contributed by atoms with E-state index in [2.05, 4.69) is 19.2 Å². The van der Waals surface area contributed by atoms with E-state index in [0.29, 0.717) is 13.0 Å². The second-order valence-corrected chi connectivity index (χ2v) is 7.60. The van der Waals surface area contributed by atoms with Crippen LogP contribution in [0.15, 0.2) is 0 Å². The highest BCUT2D eigenvalue weighted by Gasteiger charge is 1.96. The fourth-order valence-corrected chi connectivity index (χ4v) is 3.05. The Labute approximate surface area is 170 Å². The maximum absolute atomic E-state index is 10.6. The average molecular weight is 387 g/mol. The number of hydrogen-bond donors (Lipinski definition) is 3. The second-order valence-electron chi connectivity index (χ2n) is 7.60. The van der Waals surface area contributed by atoms with Crippen LogP contribution in [0.2, 0.25) is 0 Å². The van der Waals surface area contributed by atoms with Crippen molar-refractivity contribution >= 4 is 5.91 Å². The van der Waals surface area contributed by atoms with E-state index in [0.717, 1.165) is 25.9 Å². The first-order valence-electron chi connectivity index (χ1n) is 11.8. The lowest BCUT2D eigenvalue weighted by Gasteiger charge is -2.03. The molecule has 164 valence electrons. The van der Waals surface area contributed by atoms with Crippen molar-refractivity contribution in [1.29, 1.82) is 0 Å². The van der Waals surface area contributed by atoms with E-state index in [1.54, 1.807) is 0 Å². The van der Waals surface area contributed by atoms with Crippen LogP contribution >= 0.6 is 0 Å². The van der Waals surface area contributed by atoms with Crippen LogP contribution in [0.4, 0.5) is 0 Å². The highest BCUT2D eigenvalue weighted by atomic mass is 16.3. The van der Waals surface area contributed by atoms with Gasteiger partial charge in [0.1, 0.15) is 0 Å². The number of nitrogens with one attached hydrogen (secondary N) is 1. The van der Waals surface area contributed by atoms with Gasteiger partial charge in [-0.05, 0) is 25.9 Å². The minimum Gasteiger partial charge on any atom is -0.396 e. The molecule has 4 N–H and O–H groups in total. The number of hydrogen-bond acceptors (Lipinski definition) is 3. The molecule has 0 aliphatic rings. The molecule has 0 atom stereocenters. The summed E-state index contributed by atoms with van der Waals surface area (Å²) in [6.07, 6.45) is 21.7. The molecule has 0 aromatic rings. The summed E-state index contributed by atoms with van der Waals surface area (Å²) in [7, 11) is 0. The first-order valence-corrected chi connectivity index (χ1v) is 11.8. The smallest absolute Gasteiger partial charge is 0.217 e. The summed E-state index contributed by atoms with van der Waals surface area (Å²) in [5, 5.41) is 11.3. The fraction of sp³-hybridized carbons (Fsp3) is 0.957. The Morgan fingerprint density at radius 1 is 0.704 bits per heavy atom. The molecule has 0 spiro atoms. The number of unbranched alkanes of at least 4 members (excludes halogenated alkanes) is 14. The lowest BCUT2D eigenvalue weighted by atomic mass is 10.0. The molecule has 0 aliphatic heterocycles. The van der Waals surface area contributed by atoms with Crippen LogP contribution in [0.1, 0.15) is 123 Å². The van der Waals surface area contributed by atoms with Gasteiger partial charge in [0.2, 0.25) is 5.91 Å². The third-order valence-corrected chi connectivity index (χ3v) is 4.79. The SMILES string of the molecule is CCCCCCCCCCCCCCCCCC(N)=O.CCNCCCO. The highest BCUT2D eigenvalue weighted by Crippen LogP contribution is 2.13. The molecular formula is C23H50N2O2. The van der Waals surface area contributed by atoms with Gasteiger partial charge in [0.25, 0.3) is 0 Å². The number of primary amides is 1. The van der Waals surface area contributed by atoms with E-state index >= 15 is 0 Å². The molecule has 1 amide bonds. The molecule has 4 nitrogen and oxygen atoms in total. The molecule has 0 aromatic heterocycles. The van der Waals surface area contributed by atoms with Gasteiger partial charge in [-0.15, -0.1) is 0 Å². The van der Waals surface area contributed by atoms with E-state index in [1.807, 2.05) is 0 Å². The largest absolute Gasteiger partial charge is 0.396 e. The van der Waals surface area contributed by atoms with Gasteiger partial charge in [-0.1, -0.05) is 104 Å². The Morgan fingerprint density at radius 2 is 1.11 bits per heavy atom. The zero-order valence-corrected chi connectivity index (χ0v) is 18.6. The Balaban J connectivity index is 0. The van der Waals surface area contributed by atoms with Crippen LogP contribution < -0.4 is 11.1 Å². The third-order valence-electron chi connectivity index (χ3n) is 4.79. The van der Waals surface area contributed by atoms with Gasteiger partial charge in [0.05, 0.1) is 0 Å². The summed E-state index contributed by atoms with van der Waals surface area (Å²) >= 11 is 0. The fourth-order valence-electron chi connectivity index (χ4n) is 3.05. The van der Waals surface area contributed by atoms with E-state index in [1.165, 1.54) is 89.9 Å². The molecule has 0 heterocycles.